The van der Waals surface area contributed by atoms with Crippen molar-refractivity contribution in [3.05, 3.63) is 30.0 Å². The number of carbonyl (C=O) groups excluding carboxylic acids is 1. The number of nitrogens with zero attached hydrogens (tertiary/aromatic N) is 3. The highest BCUT2D eigenvalue weighted by molar-refractivity contribution is 6.04. The van der Waals surface area contributed by atoms with Crippen molar-refractivity contribution in [3.8, 4) is 0 Å². The normalized spacial score (nSPS) is 23.0. The number of aromatic nitrogens is 2. The summed E-state index contributed by atoms with van der Waals surface area (Å²) in [5, 5.41) is 8.20. The van der Waals surface area contributed by atoms with Crippen molar-refractivity contribution >= 4 is 16.8 Å². The lowest BCUT2D eigenvalue weighted by Crippen LogP contribution is -2.40. The Kier molecular flexibility index (Phi) is 4.25. The van der Waals surface area contributed by atoms with Gasteiger partial charge in [0.15, 0.2) is 5.69 Å². The van der Waals surface area contributed by atoms with Gasteiger partial charge in [-0.2, -0.15) is 5.10 Å². The average Bonchev–Trinajstić information content (AvgIpc) is 3.17. The molecular weight excluding hydrogens is 316 g/mol. The van der Waals surface area contributed by atoms with Gasteiger partial charge in [-0.3, -0.25) is 9.89 Å². The first-order chi connectivity index (χ1) is 12.1. The van der Waals surface area contributed by atoms with Crippen molar-refractivity contribution in [1.82, 2.24) is 20.0 Å². The molecule has 6 nitrogen and oxygen atoms in total. The zero-order valence-electron chi connectivity index (χ0n) is 15.0. The number of likely N-dealkylation sites (tertiary alicyclic amines) is 1. The predicted molar refractivity (Wildman–Crippen MR) is 96.5 cm³/mol. The Bertz CT molecular complexity index is 764. The third kappa shape index (κ3) is 2.93. The number of para-hydroxylation sites is 1. The highest BCUT2D eigenvalue weighted by atomic mass is 16.5. The minimum absolute atomic E-state index is 0.0459. The number of benzene rings is 1. The number of carbonyl (C=O) groups is 1. The molecule has 1 atom stereocenters. The fourth-order valence-corrected chi connectivity index (χ4v) is 4.50. The Labute approximate surface area is 148 Å². The molecule has 2 aliphatic rings. The van der Waals surface area contributed by atoms with Gasteiger partial charge in [0.1, 0.15) is 0 Å². The highest BCUT2D eigenvalue weighted by Crippen LogP contribution is 2.44. The molecule has 4 rings (SSSR count). The van der Waals surface area contributed by atoms with Crippen molar-refractivity contribution in [1.29, 1.82) is 0 Å². The van der Waals surface area contributed by atoms with E-state index in [4.69, 9.17) is 4.74 Å². The van der Waals surface area contributed by atoms with Crippen LogP contribution in [0, 0.1) is 11.3 Å². The van der Waals surface area contributed by atoms with Gasteiger partial charge in [0.2, 0.25) is 0 Å². The molecule has 2 saturated heterocycles. The molecule has 0 radical (unpaired) electrons. The Balaban J connectivity index is 1.61. The van der Waals surface area contributed by atoms with Crippen molar-refractivity contribution < 1.29 is 9.53 Å². The van der Waals surface area contributed by atoms with Gasteiger partial charge < -0.3 is 14.5 Å². The van der Waals surface area contributed by atoms with Crippen LogP contribution in [-0.2, 0) is 4.74 Å². The summed E-state index contributed by atoms with van der Waals surface area (Å²) in [5.74, 6) is 0.533. The van der Waals surface area contributed by atoms with Crippen LogP contribution in [0.25, 0.3) is 10.9 Å². The average molecular weight is 342 g/mol. The van der Waals surface area contributed by atoms with E-state index in [0.29, 0.717) is 11.6 Å². The third-order valence-corrected chi connectivity index (χ3v) is 5.85. The molecule has 134 valence electrons. The number of H-pyrrole nitrogens is 1. The third-order valence-electron chi connectivity index (χ3n) is 5.85. The number of ether oxygens (including phenoxy) is 1. The molecule has 1 aromatic carbocycles. The van der Waals surface area contributed by atoms with Crippen LogP contribution in [0.3, 0.4) is 0 Å². The maximum atomic E-state index is 13.2. The molecule has 25 heavy (non-hydrogen) atoms. The van der Waals surface area contributed by atoms with Crippen LogP contribution in [0.15, 0.2) is 24.3 Å². The monoisotopic (exact) mass is 342 g/mol. The smallest absolute Gasteiger partial charge is 0.275 e. The van der Waals surface area contributed by atoms with Gasteiger partial charge in [0.05, 0.1) is 5.52 Å². The topological polar surface area (TPSA) is 61.5 Å². The number of fused-ring (bicyclic) bond motifs is 1. The Hall–Kier alpha value is -1.92. The molecule has 0 saturated carbocycles. The molecule has 1 spiro atoms. The van der Waals surface area contributed by atoms with Gasteiger partial charge in [-0.25, -0.2) is 0 Å². The second-order valence-electron chi connectivity index (χ2n) is 7.74. The standard InChI is InChI=1S/C19H26N4O2/c1-22(2)11-14-12-23(13-19(14)7-9-25-10-8-19)18(24)17-15-5-3-4-6-16(15)20-21-17/h3-6,14H,7-13H2,1-2H3,(H,20,21). The van der Waals surface area contributed by atoms with Gasteiger partial charge in [0, 0.05) is 38.2 Å². The molecule has 2 aliphatic heterocycles. The summed E-state index contributed by atoms with van der Waals surface area (Å²) in [7, 11) is 4.22. The van der Waals surface area contributed by atoms with E-state index in [2.05, 4.69) is 29.2 Å². The lowest BCUT2D eigenvalue weighted by molar-refractivity contribution is -0.00452. The molecule has 2 fully saturated rings. The number of nitrogens with one attached hydrogen (secondary N) is 1. The van der Waals surface area contributed by atoms with Crippen LogP contribution in [-0.4, -0.2) is 72.8 Å². The van der Waals surface area contributed by atoms with Gasteiger partial charge in [0.25, 0.3) is 5.91 Å². The summed E-state index contributed by atoms with van der Waals surface area (Å²) in [6.07, 6.45) is 2.08. The highest BCUT2D eigenvalue weighted by Gasteiger charge is 2.48. The number of rotatable bonds is 3. The fourth-order valence-electron chi connectivity index (χ4n) is 4.50. The minimum atomic E-state index is 0.0459. The second kappa shape index (κ2) is 6.42. The van der Waals surface area contributed by atoms with Gasteiger partial charge in [-0.15, -0.1) is 0 Å². The number of amides is 1. The predicted octanol–water partition coefficient (Wildman–Crippen LogP) is 1.99. The molecule has 1 amide bonds. The molecule has 1 N–H and O–H groups in total. The molecule has 1 unspecified atom stereocenters. The first-order valence-corrected chi connectivity index (χ1v) is 9.04. The Morgan fingerprint density at radius 3 is 2.88 bits per heavy atom. The number of hydrogen-bond acceptors (Lipinski definition) is 4. The van der Waals surface area contributed by atoms with E-state index in [0.717, 1.165) is 56.6 Å². The van der Waals surface area contributed by atoms with Crippen LogP contribution in [0.1, 0.15) is 23.3 Å². The molecule has 0 bridgehead atoms. The first-order valence-electron chi connectivity index (χ1n) is 9.04. The van der Waals surface area contributed by atoms with Gasteiger partial charge >= 0.3 is 0 Å². The SMILES string of the molecule is CN(C)CC1CN(C(=O)c2n[nH]c3ccccc23)CC12CCOCC2. The second-order valence-corrected chi connectivity index (χ2v) is 7.74. The molecule has 3 heterocycles. The summed E-state index contributed by atoms with van der Waals surface area (Å²) in [6.45, 7) is 4.23. The van der Waals surface area contributed by atoms with E-state index >= 15 is 0 Å². The maximum Gasteiger partial charge on any atom is 0.275 e. The van der Waals surface area contributed by atoms with Crippen LogP contribution >= 0.6 is 0 Å². The number of aromatic amines is 1. The van der Waals surface area contributed by atoms with E-state index in [-0.39, 0.29) is 11.3 Å². The van der Waals surface area contributed by atoms with E-state index in [1.54, 1.807) is 0 Å². The lowest BCUT2D eigenvalue weighted by Gasteiger charge is -2.38. The summed E-state index contributed by atoms with van der Waals surface area (Å²) in [6, 6.07) is 7.82. The van der Waals surface area contributed by atoms with Gasteiger partial charge in [-0.05, 0) is 44.3 Å². The lowest BCUT2D eigenvalue weighted by atomic mass is 9.72. The molecule has 2 aromatic rings. The van der Waals surface area contributed by atoms with Crippen LogP contribution in [0.4, 0.5) is 0 Å². The van der Waals surface area contributed by atoms with Crippen molar-refractivity contribution in [2.24, 2.45) is 11.3 Å². The zero-order valence-corrected chi connectivity index (χ0v) is 15.0. The Morgan fingerprint density at radius 1 is 1.36 bits per heavy atom. The number of hydrogen-bond donors (Lipinski definition) is 1. The summed E-state index contributed by atoms with van der Waals surface area (Å²) in [4.78, 5) is 17.4. The quantitative estimate of drug-likeness (QED) is 0.927. The van der Waals surface area contributed by atoms with Crippen molar-refractivity contribution in [2.75, 3.05) is 46.9 Å². The minimum Gasteiger partial charge on any atom is -0.381 e. The zero-order chi connectivity index (χ0) is 17.4. The molecule has 1 aromatic heterocycles. The van der Waals surface area contributed by atoms with E-state index in [1.807, 2.05) is 29.2 Å². The molecule has 0 aliphatic carbocycles. The van der Waals surface area contributed by atoms with E-state index < -0.39 is 0 Å². The summed E-state index contributed by atoms with van der Waals surface area (Å²) in [5.41, 5.74) is 1.64. The molecule has 6 heteroatoms. The van der Waals surface area contributed by atoms with Crippen molar-refractivity contribution in [3.63, 3.8) is 0 Å². The van der Waals surface area contributed by atoms with E-state index in [1.165, 1.54) is 0 Å². The first kappa shape index (κ1) is 16.5. The van der Waals surface area contributed by atoms with E-state index in [9.17, 15) is 4.79 Å². The maximum absolute atomic E-state index is 13.2. The Morgan fingerprint density at radius 2 is 2.12 bits per heavy atom. The fraction of sp³-hybridized carbons (Fsp3) is 0.579. The molecular formula is C19H26N4O2. The van der Waals surface area contributed by atoms with Crippen molar-refractivity contribution in [2.45, 2.75) is 12.8 Å². The largest absolute Gasteiger partial charge is 0.381 e. The van der Waals surface area contributed by atoms with Crippen LogP contribution in [0.5, 0.6) is 0 Å². The summed E-state index contributed by atoms with van der Waals surface area (Å²) < 4.78 is 5.60. The van der Waals surface area contributed by atoms with Crippen LogP contribution < -0.4 is 0 Å². The van der Waals surface area contributed by atoms with Crippen LogP contribution in [0.2, 0.25) is 0 Å². The van der Waals surface area contributed by atoms with Gasteiger partial charge in [-0.1, -0.05) is 18.2 Å². The summed E-state index contributed by atoms with van der Waals surface area (Å²) >= 11 is 0.